The third-order valence-corrected chi connectivity index (χ3v) is 2.78. The number of hydrogen-bond acceptors (Lipinski definition) is 4. The van der Waals surface area contributed by atoms with Crippen molar-refractivity contribution in [1.29, 1.82) is 0 Å². The van der Waals surface area contributed by atoms with Crippen LogP contribution in [0.5, 0.6) is 0 Å². The minimum absolute atomic E-state index is 0.622. The molecule has 16 heavy (non-hydrogen) atoms. The van der Waals surface area contributed by atoms with Crippen LogP contribution in [-0.2, 0) is 16.0 Å². The van der Waals surface area contributed by atoms with E-state index in [4.69, 9.17) is 9.47 Å². The van der Waals surface area contributed by atoms with E-state index in [2.05, 4.69) is 14.9 Å². The van der Waals surface area contributed by atoms with Gasteiger partial charge in [0.25, 0.3) is 0 Å². The maximum atomic E-state index is 5.37. The van der Waals surface area contributed by atoms with Gasteiger partial charge in [-0.15, -0.1) is 0 Å². The van der Waals surface area contributed by atoms with E-state index in [1.165, 1.54) is 0 Å². The zero-order valence-corrected chi connectivity index (χ0v) is 9.69. The van der Waals surface area contributed by atoms with Crippen LogP contribution in [0.15, 0.2) is 12.4 Å². The van der Waals surface area contributed by atoms with Gasteiger partial charge < -0.3 is 19.4 Å². The molecule has 1 fully saturated rings. The van der Waals surface area contributed by atoms with Gasteiger partial charge in [-0.05, 0) is 6.42 Å². The Labute approximate surface area is 95.8 Å². The van der Waals surface area contributed by atoms with Crippen molar-refractivity contribution in [3.8, 4) is 0 Å². The smallest absolute Gasteiger partial charge is 0.202 e. The maximum Gasteiger partial charge on any atom is 0.202 e. The highest BCUT2D eigenvalue weighted by molar-refractivity contribution is 5.25. The average molecular weight is 225 g/mol. The molecule has 90 valence electrons. The highest BCUT2D eigenvalue weighted by Crippen LogP contribution is 2.16. The summed E-state index contributed by atoms with van der Waals surface area (Å²) in [6.07, 6.45) is 4.98. The van der Waals surface area contributed by atoms with Crippen LogP contribution in [0.4, 0.5) is 5.95 Å². The van der Waals surface area contributed by atoms with Crippen LogP contribution >= 0.6 is 0 Å². The molecule has 0 saturated carbocycles. The molecular weight excluding hydrogens is 206 g/mol. The molecule has 1 unspecified atom stereocenters. The van der Waals surface area contributed by atoms with Crippen molar-refractivity contribution < 1.29 is 9.47 Å². The number of aromatic nitrogens is 2. The number of methoxy groups -OCH3 is 1. The molecule has 1 aromatic heterocycles. The molecule has 1 saturated heterocycles. The molecule has 2 heterocycles. The van der Waals surface area contributed by atoms with Gasteiger partial charge in [0.2, 0.25) is 5.95 Å². The van der Waals surface area contributed by atoms with Crippen LogP contribution in [0.25, 0.3) is 0 Å². The Bertz CT molecular complexity index is 308. The van der Waals surface area contributed by atoms with E-state index in [1.54, 1.807) is 7.11 Å². The fourth-order valence-corrected chi connectivity index (χ4v) is 1.89. The van der Waals surface area contributed by atoms with Crippen molar-refractivity contribution in [2.45, 2.75) is 13.0 Å². The van der Waals surface area contributed by atoms with E-state index in [0.29, 0.717) is 12.5 Å². The van der Waals surface area contributed by atoms with Crippen molar-refractivity contribution in [3.63, 3.8) is 0 Å². The number of hydrogen-bond donors (Lipinski definition) is 1. The predicted molar refractivity (Wildman–Crippen MR) is 61.5 cm³/mol. The predicted octanol–water partition coefficient (Wildman–Crippen LogP) is 0.978. The first-order valence-electron chi connectivity index (χ1n) is 5.72. The first-order valence-corrected chi connectivity index (χ1v) is 5.72. The van der Waals surface area contributed by atoms with Crippen LogP contribution in [0.3, 0.4) is 0 Å². The normalized spacial score (nSPS) is 20.2. The largest absolute Gasteiger partial charge is 0.383 e. The van der Waals surface area contributed by atoms with Gasteiger partial charge in [0.1, 0.15) is 0 Å². The molecule has 0 aliphatic carbocycles. The Hall–Kier alpha value is -1.07. The zero-order chi connectivity index (χ0) is 11.2. The molecule has 5 heteroatoms. The van der Waals surface area contributed by atoms with Gasteiger partial charge in [-0.1, -0.05) is 0 Å². The molecular formula is C11H19N3O2. The summed E-state index contributed by atoms with van der Waals surface area (Å²) >= 11 is 0. The van der Waals surface area contributed by atoms with Gasteiger partial charge in [0, 0.05) is 45.1 Å². The molecule has 1 N–H and O–H groups in total. The van der Waals surface area contributed by atoms with Gasteiger partial charge >= 0.3 is 0 Å². The van der Waals surface area contributed by atoms with Crippen LogP contribution in [-0.4, -0.2) is 43.0 Å². The zero-order valence-electron chi connectivity index (χ0n) is 9.69. The molecule has 0 bridgehead atoms. The van der Waals surface area contributed by atoms with Crippen molar-refractivity contribution in [2.75, 3.05) is 38.8 Å². The third-order valence-electron chi connectivity index (χ3n) is 2.78. The molecule has 1 aliphatic heterocycles. The summed E-state index contributed by atoms with van der Waals surface area (Å²) in [7, 11) is 1.70. The highest BCUT2D eigenvalue weighted by Gasteiger charge is 2.17. The van der Waals surface area contributed by atoms with E-state index in [-0.39, 0.29) is 0 Å². The number of anilines is 1. The van der Waals surface area contributed by atoms with Gasteiger partial charge in [-0.2, -0.15) is 0 Å². The minimum Gasteiger partial charge on any atom is -0.383 e. The Morgan fingerprint density at radius 2 is 2.62 bits per heavy atom. The number of imidazole rings is 1. The summed E-state index contributed by atoms with van der Waals surface area (Å²) in [6, 6.07) is 0. The van der Waals surface area contributed by atoms with Crippen LogP contribution in [0.2, 0.25) is 0 Å². The van der Waals surface area contributed by atoms with Gasteiger partial charge in [-0.25, -0.2) is 4.98 Å². The highest BCUT2D eigenvalue weighted by atomic mass is 16.5. The lowest BCUT2D eigenvalue weighted by Crippen LogP contribution is -2.16. The molecule has 0 spiro atoms. The standard InChI is InChI=1S/C11H19N3O2/c1-15-7-4-13-11-12-3-5-14(11)8-10-2-6-16-9-10/h3,5,10H,2,4,6-9H2,1H3,(H,12,13). The van der Waals surface area contributed by atoms with Crippen molar-refractivity contribution in [3.05, 3.63) is 12.4 Å². The summed E-state index contributed by atoms with van der Waals surface area (Å²) in [5, 5.41) is 3.25. The lowest BCUT2D eigenvalue weighted by atomic mass is 10.1. The first-order chi connectivity index (χ1) is 7.90. The van der Waals surface area contributed by atoms with Crippen molar-refractivity contribution >= 4 is 5.95 Å². The second-order valence-corrected chi connectivity index (χ2v) is 4.05. The van der Waals surface area contributed by atoms with E-state index in [9.17, 15) is 0 Å². The molecule has 1 atom stereocenters. The molecule has 0 amide bonds. The second-order valence-electron chi connectivity index (χ2n) is 4.05. The quantitative estimate of drug-likeness (QED) is 0.733. The van der Waals surface area contributed by atoms with Gasteiger partial charge in [-0.3, -0.25) is 0 Å². The molecule has 0 radical (unpaired) electrons. The summed E-state index contributed by atoms with van der Waals surface area (Å²) in [5.41, 5.74) is 0. The Morgan fingerprint density at radius 1 is 1.69 bits per heavy atom. The molecule has 0 aromatic carbocycles. The number of ether oxygens (including phenoxy) is 2. The molecule has 1 aliphatic rings. The summed E-state index contributed by atoms with van der Waals surface area (Å²) in [5.74, 6) is 1.54. The Morgan fingerprint density at radius 3 is 3.38 bits per heavy atom. The number of nitrogens with one attached hydrogen (secondary N) is 1. The Balaban J connectivity index is 1.85. The SMILES string of the molecule is COCCNc1nccn1CC1CCOC1. The van der Waals surface area contributed by atoms with E-state index >= 15 is 0 Å². The maximum absolute atomic E-state index is 5.37. The van der Waals surface area contributed by atoms with E-state index in [1.807, 2.05) is 12.4 Å². The van der Waals surface area contributed by atoms with Crippen LogP contribution in [0.1, 0.15) is 6.42 Å². The monoisotopic (exact) mass is 225 g/mol. The second kappa shape index (κ2) is 5.86. The van der Waals surface area contributed by atoms with Crippen molar-refractivity contribution in [2.24, 2.45) is 5.92 Å². The lowest BCUT2D eigenvalue weighted by molar-refractivity contribution is 0.182. The first kappa shape index (κ1) is 11.4. The fraction of sp³-hybridized carbons (Fsp3) is 0.727. The molecule has 2 rings (SSSR count). The van der Waals surface area contributed by atoms with Crippen molar-refractivity contribution in [1.82, 2.24) is 9.55 Å². The summed E-state index contributed by atoms with van der Waals surface area (Å²) < 4.78 is 12.5. The molecule has 1 aromatic rings. The number of rotatable bonds is 6. The van der Waals surface area contributed by atoms with Gasteiger partial charge in [0.05, 0.1) is 13.2 Å². The van der Waals surface area contributed by atoms with Crippen LogP contribution < -0.4 is 5.32 Å². The van der Waals surface area contributed by atoms with Crippen LogP contribution in [0, 0.1) is 5.92 Å². The topological polar surface area (TPSA) is 48.3 Å². The van der Waals surface area contributed by atoms with Gasteiger partial charge in [0.15, 0.2) is 0 Å². The molecule has 5 nitrogen and oxygen atoms in total. The third kappa shape index (κ3) is 2.96. The van der Waals surface area contributed by atoms with E-state index < -0.39 is 0 Å². The fourth-order valence-electron chi connectivity index (χ4n) is 1.89. The summed E-state index contributed by atoms with van der Waals surface area (Å²) in [6.45, 7) is 4.23. The number of nitrogens with zero attached hydrogens (tertiary/aromatic N) is 2. The minimum atomic E-state index is 0.622. The van der Waals surface area contributed by atoms with E-state index in [0.717, 1.165) is 38.7 Å². The summed E-state index contributed by atoms with van der Waals surface area (Å²) in [4.78, 5) is 4.29. The lowest BCUT2D eigenvalue weighted by Gasteiger charge is -2.12. The Kier molecular flexibility index (Phi) is 4.18. The average Bonchev–Trinajstić information content (AvgIpc) is 2.92.